The first-order valence-electron chi connectivity index (χ1n) is 6.14. The minimum absolute atomic E-state index is 0.145. The SMILES string of the molecule is N#CCC(=O)Nc1cccc(Oc2ncccc2[N+](=O)[O-])c1. The van der Waals surface area contributed by atoms with E-state index >= 15 is 0 Å². The molecule has 1 aromatic carbocycles. The van der Waals surface area contributed by atoms with Crippen LogP contribution in [0.1, 0.15) is 6.42 Å². The summed E-state index contributed by atoms with van der Waals surface area (Å²) in [6.07, 6.45) is 1.11. The molecule has 0 radical (unpaired) electrons. The van der Waals surface area contributed by atoms with Gasteiger partial charge in [-0.05, 0) is 18.2 Å². The third-order valence-corrected chi connectivity index (χ3v) is 2.52. The maximum atomic E-state index is 11.3. The van der Waals surface area contributed by atoms with Gasteiger partial charge in [0, 0.05) is 24.0 Å². The van der Waals surface area contributed by atoms with Crippen LogP contribution >= 0.6 is 0 Å². The van der Waals surface area contributed by atoms with Gasteiger partial charge >= 0.3 is 5.69 Å². The summed E-state index contributed by atoms with van der Waals surface area (Å²) in [7, 11) is 0. The molecule has 0 aliphatic heterocycles. The number of ether oxygens (including phenoxy) is 1. The predicted molar refractivity (Wildman–Crippen MR) is 76.3 cm³/mol. The molecular formula is C14H10N4O4. The number of amides is 1. The van der Waals surface area contributed by atoms with Crippen LogP contribution in [0.4, 0.5) is 11.4 Å². The molecule has 2 aromatic rings. The number of rotatable bonds is 5. The van der Waals surface area contributed by atoms with Gasteiger partial charge in [0.15, 0.2) is 0 Å². The Hall–Kier alpha value is -3.47. The van der Waals surface area contributed by atoms with Crippen molar-refractivity contribution in [2.45, 2.75) is 6.42 Å². The van der Waals surface area contributed by atoms with Crippen molar-refractivity contribution in [2.75, 3.05) is 5.32 Å². The highest BCUT2D eigenvalue weighted by molar-refractivity contribution is 5.92. The van der Waals surface area contributed by atoms with Crippen LogP contribution in [0.5, 0.6) is 11.6 Å². The van der Waals surface area contributed by atoms with Crippen molar-refractivity contribution in [2.24, 2.45) is 0 Å². The summed E-state index contributed by atoms with van der Waals surface area (Å²) >= 11 is 0. The van der Waals surface area contributed by atoms with Crippen molar-refractivity contribution in [1.82, 2.24) is 4.98 Å². The Morgan fingerprint density at radius 1 is 1.41 bits per heavy atom. The summed E-state index contributed by atoms with van der Waals surface area (Å²) in [5.74, 6) is -0.326. The van der Waals surface area contributed by atoms with Gasteiger partial charge < -0.3 is 10.1 Å². The van der Waals surface area contributed by atoms with E-state index in [4.69, 9.17) is 10.00 Å². The van der Waals surface area contributed by atoms with Gasteiger partial charge in [-0.25, -0.2) is 4.98 Å². The lowest BCUT2D eigenvalue weighted by atomic mass is 10.3. The zero-order chi connectivity index (χ0) is 15.9. The second kappa shape index (κ2) is 6.81. The van der Waals surface area contributed by atoms with Gasteiger partial charge in [0.2, 0.25) is 5.91 Å². The summed E-state index contributed by atoms with van der Waals surface area (Å²) < 4.78 is 5.38. The fourth-order valence-electron chi connectivity index (χ4n) is 1.63. The molecule has 22 heavy (non-hydrogen) atoms. The number of hydrogen-bond donors (Lipinski definition) is 1. The van der Waals surface area contributed by atoms with Gasteiger partial charge in [-0.3, -0.25) is 14.9 Å². The molecule has 1 amide bonds. The maximum absolute atomic E-state index is 11.3. The molecule has 0 bridgehead atoms. The lowest BCUT2D eigenvalue weighted by molar-refractivity contribution is -0.386. The Labute approximate surface area is 125 Å². The number of nitriles is 1. The highest BCUT2D eigenvalue weighted by Gasteiger charge is 2.16. The summed E-state index contributed by atoms with van der Waals surface area (Å²) in [4.78, 5) is 25.5. The number of benzene rings is 1. The lowest BCUT2D eigenvalue weighted by Gasteiger charge is -2.07. The number of nitrogens with zero attached hydrogens (tertiary/aromatic N) is 3. The molecule has 1 N–H and O–H groups in total. The van der Waals surface area contributed by atoms with Crippen LogP contribution in [0, 0.1) is 21.4 Å². The van der Waals surface area contributed by atoms with Gasteiger partial charge in [-0.15, -0.1) is 0 Å². The van der Waals surface area contributed by atoms with E-state index in [0.717, 1.165) is 0 Å². The standard InChI is InChI=1S/C14H10N4O4/c15-7-6-13(19)17-10-3-1-4-11(9-10)22-14-12(18(20)21)5-2-8-16-14/h1-5,8-9H,6H2,(H,17,19). The highest BCUT2D eigenvalue weighted by atomic mass is 16.6. The van der Waals surface area contributed by atoms with Crippen molar-refractivity contribution in [3.05, 3.63) is 52.7 Å². The van der Waals surface area contributed by atoms with Crippen LogP contribution in [0.25, 0.3) is 0 Å². The molecule has 8 nitrogen and oxygen atoms in total. The molecule has 0 saturated heterocycles. The topological polar surface area (TPSA) is 118 Å². The van der Waals surface area contributed by atoms with Crippen LogP contribution in [0.2, 0.25) is 0 Å². The molecule has 0 unspecified atom stereocenters. The second-order valence-corrected chi connectivity index (χ2v) is 4.10. The molecule has 0 saturated carbocycles. The molecule has 0 atom stereocenters. The van der Waals surface area contributed by atoms with Crippen LogP contribution in [-0.2, 0) is 4.79 Å². The Morgan fingerprint density at radius 3 is 2.95 bits per heavy atom. The van der Waals surface area contributed by atoms with Gasteiger partial charge in [0.1, 0.15) is 12.2 Å². The van der Waals surface area contributed by atoms with Gasteiger partial charge in [0.25, 0.3) is 5.88 Å². The number of aromatic nitrogens is 1. The van der Waals surface area contributed by atoms with Crippen LogP contribution in [0.15, 0.2) is 42.6 Å². The van der Waals surface area contributed by atoms with Gasteiger partial charge in [-0.2, -0.15) is 5.26 Å². The number of anilines is 1. The van der Waals surface area contributed by atoms with Crippen molar-refractivity contribution >= 4 is 17.3 Å². The normalized spacial score (nSPS) is 9.59. The Balaban J connectivity index is 2.19. The summed E-state index contributed by atoms with van der Waals surface area (Å²) in [5, 5.41) is 21.8. The zero-order valence-corrected chi connectivity index (χ0v) is 11.2. The number of nitro groups is 1. The first-order chi connectivity index (χ1) is 10.6. The number of nitrogens with one attached hydrogen (secondary N) is 1. The zero-order valence-electron chi connectivity index (χ0n) is 11.2. The van der Waals surface area contributed by atoms with E-state index in [1.807, 2.05) is 0 Å². The number of hydrogen-bond acceptors (Lipinski definition) is 6. The minimum Gasteiger partial charge on any atom is -0.434 e. The van der Waals surface area contributed by atoms with Crippen LogP contribution < -0.4 is 10.1 Å². The fraction of sp³-hybridized carbons (Fsp3) is 0.0714. The number of carbonyl (C=O) groups is 1. The summed E-state index contributed by atoms with van der Waals surface area (Å²) in [6, 6.07) is 10.7. The van der Waals surface area contributed by atoms with E-state index < -0.39 is 10.8 Å². The second-order valence-electron chi connectivity index (χ2n) is 4.10. The monoisotopic (exact) mass is 298 g/mol. The Bertz CT molecular complexity index is 755. The van der Waals surface area contributed by atoms with E-state index in [1.165, 1.54) is 24.4 Å². The third kappa shape index (κ3) is 3.77. The first-order valence-corrected chi connectivity index (χ1v) is 6.14. The lowest BCUT2D eigenvalue weighted by Crippen LogP contribution is -2.09. The molecular weight excluding hydrogens is 288 g/mol. The van der Waals surface area contributed by atoms with Gasteiger partial charge in [-0.1, -0.05) is 6.07 Å². The van der Waals surface area contributed by atoms with E-state index in [0.29, 0.717) is 5.69 Å². The molecule has 0 aliphatic rings. The fourth-order valence-corrected chi connectivity index (χ4v) is 1.63. The molecule has 1 heterocycles. The van der Waals surface area contributed by atoms with Crippen molar-refractivity contribution < 1.29 is 14.5 Å². The molecule has 0 aliphatic carbocycles. The van der Waals surface area contributed by atoms with E-state index in [1.54, 1.807) is 24.3 Å². The molecule has 8 heteroatoms. The highest BCUT2D eigenvalue weighted by Crippen LogP contribution is 2.29. The summed E-state index contributed by atoms with van der Waals surface area (Å²) in [5.41, 5.74) is 0.151. The number of carbonyl (C=O) groups excluding carboxylic acids is 1. The smallest absolute Gasteiger partial charge is 0.331 e. The molecule has 1 aromatic heterocycles. The molecule has 0 spiro atoms. The van der Waals surface area contributed by atoms with Crippen molar-refractivity contribution in [3.63, 3.8) is 0 Å². The van der Waals surface area contributed by atoms with Gasteiger partial charge in [0.05, 0.1) is 11.0 Å². The average molecular weight is 298 g/mol. The molecule has 0 fully saturated rings. The van der Waals surface area contributed by atoms with E-state index in [9.17, 15) is 14.9 Å². The minimum atomic E-state index is -0.596. The average Bonchev–Trinajstić information content (AvgIpc) is 2.48. The Morgan fingerprint density at radius 2 is 2.23 bits per heavy atom. The van der Waals surface area contributed by atoms with E-state index in [2.05, 4.69) is 10.3 Å². The first kappa shape index (κ1) is 14.9. The van der Waals surface area contributed by atoms with E-state index in [-0.39, 0.29) is 23.7 Å². The van der Waals surface area contributed by atoms with Crippen LogP contribution in [-0.4, -0.2) is 15.8 Å². The third-order valence-electron chi connectivity index (χ3n) is 2.52. The van der Waals surface area contributed by atoms with Crippen molar-refractivity contribution in [3.8, 4) is 17.7 Å². The predicted octanol–water partition coefficient (Wildman–Crippen LogP) is 2.63. The summed E-state index contributed by atoms with van der Waals surface area (Å²) in [6.45, 7) is 0. The largest absolute Gasteiger partial charge is 0.434 e. The van der Waals surface area contributed by atoms with Crippen LogP contribution in [0.3, 0.4) is 0 Å². The molecule has 110 valence electrons. The molecule has 2 rings (SSSR count). The Kier molecular flexibility index (Phi) is 4.62. The quantitative estimate of drug-likeness (QED) is 0.669. The maximum Gasteiger partial charge on any atom is 0.331 e. The van der Waals surface area contributed by atoms with Crippen molar-refractivity contribution in [1.29, 1.82) is 5.26 Å². The number of pyridine rings is 1.